The molecule has 0 unspecified atom stereocenters. The van der Waals surface area contributed by atoms with Crippen molar-refractivity contribution in [2.75, 3.05) is 20.4 Å². The smallest absolute Gasteiger partial charge is 0.261 e. The number of amides is 2. The van der Waals surface area contributed by atoms with Crippen LogP contribution in [0.5, 0.6) is 11.5 Å². The summed E-state index contributed by atoms with van der Waals surface area (Å²) in [7, 11) is 1.70. The number of hydrogen-bond donors (Lipinski definition) is 1. The van der Waals surface area contributed by atoms with Gasteiger partial charge in [0, 0.05) is 13.6 Å². The molecule has 1 aliphatic heterocycles. The highest BCUT2D eigenvalue weighted by molar-refractivity contribution is 9.11. The number of nitrogens with zero attached hydrogens (tertiary/aromatic N) is 1. The first kappa shape index (κ1) is 16.8. The van der Waals surface area contributed by atoms with Crippen molar-refractivity contribution in [3.8, 4) is 11.5 Å². The van der Waals surface area contributed by atoms with E-state index >= 15 is 0 Å². The molecule has 2 aromatic rings. The molecule has 0 saturated carbocycles. The van der Waals surface area contributed by atoms with E-state index in [-0.39, 0.29) is 25.2 Å². The quantitative estimate of drug-likeness (QED) is 0.822. The molecule has 1 aromatic heterocycles. The van der Waals surface area contributed by atoms with Gasteiger partial charge in [-0.3, -0.25) is 9.59 Å². The Hall–Kier alpha value is -2.06. The van der Waals surface area contributed by atoms with Crippen molar-refractivity contribution < 1.29 is 19.1 Å². The van der Waals surface area contributed by atoms with Crippen molar-refractivity contribution in [3.63, 3.8) is 0 Å². The van der Waals surface area contributed by atoms with E-state index in [4.69, 9.17) is 9.47 Å². The van der Waals surface area contributed by atoms with Crippen LogP contribution in [0.3, 0.4) is 0 Å². The predicted octanol–water partition coefficient (Wildman–Crippen LogP) is 2.63. The Morgan fingerprint density at radius 2 is 2.04 bits per heavy atom. The van der Waals surface area contributed by atoms with Crippen LogP contribution in [0.4, 0.5) is 0 Å². The topological polar surface area (TPSA) is 67.9 Å². The summed E-state index contributed by atoms with van der Waals surface area (Å²) in [6.07, 6.45) is 0. The minimum Gasteiger partial charge on any atom is -0.454 e. The lowest BCUT2D eigenvalue weighted by molar-refractivity contribution is -0.129. The predicted molar refractivity (Wildman–Crippen MR) is 93.4 cm³/mol. The first-order valence-electron chi connectivity index (χ1n) is 7.19. The van der Waals surface area contributed by atoms with Gasteiger partial charge in [-0.2, -0.15) is 0 Å². The average Bonchev–Trinajstić information content (AvgIpc) is 3.20. The van der Waals surface area contributed by atoms with Gasteiger partial charge in [0.05, 0.1) is 15.2 Å². The van der Waals surface area contributed by atoms with Gasteiger partial charge in [-0.25, -0.2) is 0 Å². The van der Waals surface area contributed by atoms with Crippen LogP contribution in [0.1, 0.15) is 15.2 Å². The summed E-state index contributed by atoms with van der Waals surface area (Å²) in [6.45, 7) is 0.601. The lowest BCUT2D eigenvalue weighted by atomic mass is 10.2. The van der Waals surface area contributed by atoms with Crippen molar-refractivity contribution in [2.45, 2.75) is 6.54 Å². The molecule has 0 atom stereocenters. The number of rotatable bonds is 5. The highest BCUT2D eigenvalue weighted by Crippen LogP contribution is 2.32. The van der Waals surface area contributed by atoms with Gasteiger partial charge in [0.1, 0.15) is 0 Å². The van der Waals surface area contributed by atoms with Gasteiger partial charge in [0.15, 0.2) is 11.5 Å². The van der Waals surface area contributed by atoms with Crippen molar-refractivity contribution in [1.29, 1.82) is 0 Å². The molecule has 0 saturated heterocycles. The van der Waals surface area contributed by atoms with E-state index in [1.54, 1.807) is 24.1 Å². The molecule has 1 N–H and O–H groups in total. The molecule has 0 bridgehead atoms. The zero-order chi connectivity index (χ0) is 17.1. The largest absolute Gasteiger partial charge is 0.454 e. The lowest BCUT2D eigenvalue weighted by Crippen LogP contribution is -2.37. The molecule has 0 fully saturated rings. The summed E-state index contributed by atoms with van der Waals surface area (Å²) in [5.41, 5.74) is 0.934. The number of benzene rings is 1. The molecular formula is C16H15BrN2O4S. The maximum atomic E-state index is 12.2. The monoisotopic (exact) mass is 410 g/mol. The van der Waals surface area contributed by atoms with Gasteiger partial charge in [-0.15, -0.1) is 11.3 Å². The second-order valence-electron chi connectivity index (χ2n) is 5.22. The number of carbonyl (C=O) groups is 2. The molecular weight excluding hydrogens is 396 g/mol. The van der Waals surface area contributed by atoms with Crippen LogP contribution in [0, 0.1) is 0 Å². The third kappa shape index (κ3) is 3.88. The molecule has 6 nitrogen and oxygen atoms in total. The fourth-order valence-corrected chi connectivity index (χ4v) is 3.52. The van der Waals surface area contributed by atoms with E-state index in [0.717, 1.165) is 9.35 Å². The fraction of sp³-hybridized carbons (Fsp3) is 0.250. The van der Waals surface area contributed by atoms with E-state index < -0.39 is 0 Å². The van der Waals surface area contributed by atoms with Gasteiger partial charge in [0.2, 0.25) is 12.7 Å². The van der Waals surface area contributed by atoms with Crippen molar-refractivity contribution in [2.24, 2.45) is 0 Å². The molecule has 0 radical (unpaired) electrons. The van der Waals surface area contributed by atoms with Crippen LogP contribution >= 0.6 is 27.3 Å². The van der Waals surface area contributed by atoms with Gasteiger partial charge in [0.25, 0.3) is 5.91 Å². The number of carbonyl (C=O) groups excluding carboxylic acids is 2. The molecule has 24 heavy (non-hydrogen) atoms. The number of halogens is 1. The molecule has 1 aliphatic rings. The molecule has 126 valence electrons. The van der Waals surface area contributed by atoms with Crippen LogP contribution in [-0.4, -0.2) is 37.1 Å². The van der Waals surface area contributed by atoms with E-state index in [2.05, 4.69) is 21.2 Å². The van der Waals surface area contributed by atoms with E-state index in [9.17, 15) is 9.59 Å². The molecule has 2 heterocycles. The third-order valence-electron chi connectivity index (χ3n) is 3.48. The highest BCUT2D eigenvalue weighted by Gasteiger charge is 2.16. The van der Waals surface area contributed by atoms with Crippen LogP contribution < -0.4 is 14.8 Å². The molecule has 2 amide bonds. The van der Waals surface area contributed by atoms with Gasteiger partial charge in [-0.1, -0.05) is 6.07 Å². The SMILES string of the molecule is CN(Cc1ccc2c(c1)OCO2)C(=O)CNC(=O)c1ccc(Br)s1. The Morgan fingerprint density at radius 3 is 2.79 bits per heavy atom. The normalized spacial score (nSPS) is 12.1. The Morgan fingerprint density at radius 1 is 1.25 bits per heavy atom. The van der Waals surface area contributed by atoms with Crippen molar-refractivity contribution >= 4 is 39.1 Å². The molecule has 1 aromatic carbocycles. The summed E-state index contributed by atoms with van der Waals surface area (Å²) < 4.78 is 11.5. The molecule has 0 aliphatic carbocycles. The second kappa shape index (κ2) is 7.23. The van der Waals surface area contributed by atoms with E-state index in [1.807, 2.05) is 18.2 Å². The maximum Gasteiger partial charge on any atom is 0.261 e. The number of likely N-dealkylation sites (N-methyl/N-ethyl adjacent to an activating group) is 1. The summed E-state index contributed by atoms with van der Waals surface area (Å²) in [6, 6.07) is 9.08. The number of ether oxygens (including phenoxy) is 2. The Labute approximate surface area is 151 Å². The minimum atomic E-state index is -0.254. The first-order chi connectivity index (χ1) is 11.5. The van der Waals surface area contributed by atoms with Crippen LogP contribution in [0.25, 0.3) is 0 Å². The summed E-state index contributed by atoms with van der Waals surface area (Å²) in [4.78, 5) is 26.2. The first-order valence-corrected chi connectivity index (χ1v) is 8.80. The number of thiophene rings is 1. The molecule has 8 heteroatoms. The summed E-state index contributed by atoms with van der Waals surface area (Å²) in [5, 5.41) is 2.64. The highest BCUT2D eigenvalue weighted by atomic mass is 79.9. The Bertz CT molecular complexity index is 777. The number of nitrogens with one attached hydrogen (secondary N) is 1. The van der Waals surface area contributed by atoms with E-state index in [0.29, 0.717) is 22.9 Å². The van der Waals surface area contributed by atoms with Crippen LogP contribution in [-0.2, 0) is 11.3 Å². The zero-order valence-electron chi connectivity index (χ0n) is 12.9. The Kier molecular flexibility index (Phi) is 5.06. The van der Waals surface area contributed by atoms with Crippen LogP contribution in [0.2, 0.25) is 0 Å². The van der Waals surface area contributed by atoms with Crippen molar-refractivity contribution in [3.05, 3.63) is 44.6 Å². The van der Waals surface area contributed by atoms with Gasteiger partial charge < -0.3 is 19.7 Å². The van der Waals surface area contributed by atoms with Crippen LogP contribution in [0.15, 0.2) is 34.1 Å². The Balaban J connectivity index is 1.52. The second-order valence-corrected chi connectivity index (χ2v) is 7.69. The van der Waals surface area contributed by atoms with Crippen molar-refractivity contribution in [1.82, 2.24) is 10.2 Å². The number of fused-ring (bicyclic) bond motifs is 1. The molecule has 0 spiro atoms. The average molecular weight is 411 g/mol. The summed E-state index contributed by atoms with van der Waals surface area (Å²) >= 11 is 4.63. The zero-order valence-corrected chi connectivity index (χ0v) is 15.3. The maximum absolute atomic E-state index is 12.2. The van der Waals surface area contributed by atoms with Gasteiger partial charge in [-0.05, 0) is 45.8 Å². The van der Waals surface area contributed by atoms with Gasteiger partial charge >= 0.3 is 0 Å². The summed E-state index contributed by atoms with van der Waals surface area (Å²) in [5.74, 6) is 0.971. The number of hydrogen-bond acceptors (Lipinski definition) is 5. The lowest BCUT2D eigenvalue weighted by Gasteiger charge is -2.17. The fourth-order valence-electron chi connectivity index (χ4n) is 2.22. The third-order valence-corrected chi connectivity index (χ3v) is 5.10. The van der Waals surface area contributed by atoms with E-state index in [1.165, 1.54) is 11.3 Å². The molecule has 3 rings (SSSR count). The standard InChI is InChI=1S/C16H15BrN2O4S/c1-19(8-10-2-3-11-12(6-10)23-9-22-11)15(20)7-18-16(21)13-4-5-14(17)24-13/h2-6H,7-9H2,1H3,(H,18,21). The minimum absolute atomic E-state index is 0.0462.